The van der Waals surface area contributed by atoms with Crippen molar-refractivity contribution < 1.29 is 4.92 Å². The summed E-state index contributed by atoms with van der Waals surface area (Å²) in [7, 11) is 0. The molecule has 0 radical (unpaired) electrons. The molecule has 20 heavy (non-hydrogen) atoms. The normalized spacial score (nSPS) is 11.9. The van der Waals surface area contributed by atoms with E-state index >= 15 is 0 Å². The molecule has 2 rings (SSSR count). The second-order valence-corrected chi connectivity index (χ2v) is 5.09. The third-order valence-electron chi connectivity index (χ3n) is 3.19. The van der Waals surface area contributed by atoms with Crippen molar-refractivity contribution in [3.63, 3.8) is 0 Å². The SMILES string of the molecule is Cc1cc(C)cc(NC(C)c2cccc([N+](=O)[O-])c2)c1. The standard InChI is InChI=1S/C16H18N2O2/c1-11-7-12(2)9-15(8-11)17-13(3)14-5-4-6-16(10-14)18(19)20/h4-10,13,17H,1-3H3. The summed E-state index contributed by atoms with van der Waals surface area (Å²) in [5.41, 5.74) is 4.44. The predicted octanol–water partition coefficient (Wildman–Crippen LogP) is 4.38. The molecule has 0 saturated heterocycles. The van der Waals surface area contributed by atoms with Crippen molar-refractivity contribution in [1.82, 2.24) is 0 Å². The lowest BCUT2D eigenvalue weighted by Gasteiger charge is -2.16. The highest BCUT2D eigenvalue weighted by Crippen LogP contribution is 2.24. The Morgan fingerprint density at radius 1 is 1.10 bits per heavy atom. The minimum absolute atomic E-state index is 0.0103. The summed E-state index contributed by atoms with van der Waals surface area (Å²) in [6.45, 7) is 6.10. The molecule has 1 unspecified atom stereocenters. The predicted molar refractivity (Wildman–Crippen MR) is 81.1 cm³/mol. The van der Waals surface area contributed by atoms with E-state index in [1.54, 1.807) is 12.1 Å². The highest BCUT2D eigenvalue weighted by atomic mass is 16.6. The van der Waals surface area contributed by atoms with Crippen LogP contribution in [0.2, 0.25) is 0 Å². The van der Waals surface area contributed by atoms with Crippen LogP contribution in [0.1, 0.15) is 29.7 Å². The fraction of sp³-hybridized carbons (Fsp3) is 0.250. The van der Waals surface area contributed by atoms with Crippen LogP contribution >= 0.6 is 0 Å². The van der Waals surface area contributed by atoms with Gasteiger partial charge >= 0.3 is 0 Å². The summed E-state index contributed by atoms with van der Waals surface area (Å²) >= 11 is 0. The monoisotopic (exact) mass is 270 g/mol. The Morgan fingerprint density at radius 2 is 1.75 bits per heavy atom. The molecule has 0 aromatic heterocycles. The molecular formula is C16H18N2O2. The van der Waals surface area contributed by atoms with Crippen LogP contribution in [0.5, 0.6) is 0 Å². The molecule has 1 N–H and O–H groups in total. The van der Waals surface area contributed by atoms with Gasteiger partial charge in [-0.15, -0.1) is 0 Å². The lowest BCUT2D eigenvalue weighted by atomic mass is 10.1. The molecule has 0 spiro atoms. The van der Waals surface area contributed by atoms with E-state index in [1.807, 2.05) is 13.0 Å². The van der Waals surface area contributed by atoms with Crippen molar-refractivity contribution in [2.24, 2.45) is 0 Å². The smallest absolute Gasteiger partial charge is 0.269 e. The van der Waals surface area contributed by atoms with Crippen LogP contribution in [0.3, 0.4) is 0 Å². The summed E-state index contributed by atoms with van der Waals surface area (Å²) in [6, 6.07) is 13.0. The van der Waals surface area contributed by atoms with Crippen LogP contribution in [-0.4, -0.2) is 4.92 Å². The van der Waals surface area contributed by atoms with E-state index in [4.69, 9.17) is 0 Å². The second kappa shape index (κ2) is 5.74. The molecule has 0 aliphatic carbocycles. The third-order valence-corrected chi connectivity index (χ3v) is 3.19. The van der Waals surface area contributed by atoms with Crippen molar-refractivity contribution in [3.05, 3.63) is 69.3 Å². The summed E-state index contributed by atoms with van der Waals surface area (Å²) < 4.78 is 0. The van der Waals surface area contributed by atoms with Crippen molar-refractivity contribution in [2.45, 2.75) is 26.8 Å². The molecule has 4 nitrogen and oxygen atoms in total. The van der Waals surface area contributed by atoms with E-state index in [1.165, 1.54) is 17.2 Å². The zero-order valence-corrected chi connectivity index (χ0v) is 11.9. The number of non-ortho nitro benzene ring substituents is 1. The number of nitro groups is 1. The van der Waals surface area contributed by atoms with Gasteiger partial charge in [-0.3, -0.25) is 10.1 Å². The van der Waals surface area contributed by atoms with Gasteiger partial charge in [-0.1, -0.05) is 18.2 Å². The summed E-state index contributed by atoms with van der Waals surface area (Å²) in [5.74, 6) is 0. The van der Waals surface area contributed by atoms with Gasteiger partial charge in [-0.05, 0) is 49.6 Å². The molecule has 0 aliphatic heterocycles. The maximum absolute atomic E-state index is 10.8. The van der Waals surface area contributed by atoms with Gasteiger partial charge in [0.15, 0.2) is 0 Å². The van der Waals surface area contributed by atoms with Crippen LogP contribution in [-0.2, 0) is 0 Å². The van der Waals surface area contributed by atoms with Gasteiger partial charge in [0.2, 0.25) is 0 Å². The first-order valence-corrected chi connectivity index (χ1v) is 6.55. The number of benzene rings is 2. The summed E-state index contributed by atoms with van der Waals surface area (Å²) in [4.78, 5) is 10.4. The quantitative estimate of drug-likeness (QED) is 0.662. The lowest BCUT2D eigenvalue weighted by molar-refractivity contribution is -0.384. The van der Waals surface area contributed by atoms with E-state index in [9.17, 15) is 10.1 Å². The first-order valence-electron chi connectivity index (χ1n) is 6.55. The molecule has 0 fully saturated rings. The van der Waals surface area contributed by atoms with Gasteiger partial charge in [-0.2, -0.15) is 0 Å². The van der Waals surface area contributed by atoms with E-state index in [0.717, 1.165) is 11.3 Å². The van der Waals surface area contributed by atoms with Crippen LogP contribution < -0.4 is 5.32 Å². The van der Waals surface area contributed by atoms with Crippen LogP contribution in [0.15, 0.2) is 42.5 Å². The average Bonchev–Trinajstić information content (AvgIpc) is 2.37. The Labute approximate surface area is 118 Å². The summed E-state index contributed by atoms with van der Waals surface area (Å²) in [5, 5.41) is 14.2. The fourth-order valence-corrected chi connectivity index (χ4v) is 2.30. The molecule has 0 saturated carbocycles. The number of nitro benzene ring substituents is 1. The minimum atomic E-state index is -0.368. The highest BCUT2D eigenvalue weighted by Gasteiger charge is 2.11. The van der Waals surface area contributed by atoms with Crippen molar-refractivity contribution in [3.8, 4) is 0 Å². The Kier molecular flexibility index (Phi) is 4.03. The highest BCUT2D eigenvalue weighted by molar-refractivity contribution is 5.50. The van der Waals surface area contributed by atoms with Gasteiger partial charge in [0.05, 0.1) is 4.92 Å². The first-order chi connectivity index (χ1) is 9.45. The molecule has 2 aromatic carbocycles. The van der Waals surface area contributed by atoms with Crippen molar-refractivity contribution in [2.75, 3.05) is 5.32 Å². The van der Waals surface area contributed by atoms with E-state index in [-0.39, 0.29) is 16.7 Å². The molecule has 2 aromatic rings. The summed E-state index contributed by atoms with van der Waals surface area (Å²) in [6.07, 6.45) is 0. The Bertz CT molecular complexity index is 618. The van der Waals surface area contributed by atoms with E-state index in [0.29, 0.717) is 0 Å². The van der Waals surface area contributed by atoms with Crippen molar-refractivity contribution in [1.29, 1.82) is 0 Å². The van der Waals surface area contributed by atoms with Gasteiger partial charge in [0, 0.05) is 23.9 Å². The maximum Gasteiger partial charge on any atom is 0.269 e. The molecule has 104 valence electrons. The third kappa shape index (κ3) is 3.35. The van der Waals surface area contributed by atoms with Crippen LogP contribution in [0.4, 0.5) is 11.4 Å². The Morgan fingerprint density at radius 3 is 2.35 bits per heavy atom. The number of aryl methyl sites for hydroxylation is 2. The average molecular weight is 270 g/mol. The maximum atomic E-state index is 10.8. The number of rotatable bonds is 4. The van der Waals surface area contributed by atoms with E-state index < -0.39 is 0 Å². The number of hydrogen-bond acceptors (Lipinski definition) is 3. The van der Waals surface area contributed by atoms with Gasteiger partial charge in [0.1, 0.15) is 0 Å². The zero-order valence-electron chi connectivity index (χ0n) is 11.9. The number of hydrogen-bond donors (Lipinski definition) is 1. The minimum Gasteiger partial charge on any atom is -0.379 e. The van der Waals surface area contributed by atoms with Crippen molar-refractivity contribution >= 4 is 11.4 Å². The molecule has 0 bridgehead atoms. The molecule has 0 aliphatic rings. The molecule has 0 heterocycles. The molecule has 0 amide bonds. The van der Waals surface area contributed by atoms with Crippen LogP contribution in [0.25, 0.3) is 0 Å². The second-order valence-electron chi connectivity index (χ2n) is 5.09. The van der Waals surface area contributed by atoms with Crippen LogP contribution in [0, 0.1) is 24.0 Å². The van der Waals surface area contributed by atoms with Gasteiger partial charge in [-0.25, -0.2) is 0 Å². The molecular weight excluding hydrogens is 252 g/mol. The zero-order chi connectivity index (χ0) is 14.7. The van der Waals surface area contributed by atoms with Gasteiger partial charge < -0.3 is 5.32 Å². The Hall–Kier alpha value is -2.36. The Balaban J connectivity index is 2.21. The lowest BCUT2D eigenvalue weighted by Crippen LogP contribution is -2.07. The largest absolute Gasteiger partial charge is 0.379 e. The first kappa shape index (κ1) is 14.1. The molecule has 1 atom stereocenters. The number of nitrogens with one attached hydrogen (secondary N) is 1. The topological polar surface area (TPSA) is 55.2 Å². The van der Waals surface area contributed by atoms with E-state index in [2.05, 4.69) is 37.4 Å². The van der Waals surface area contributed by atoms with Gasteiger partial charge in [0.25, 0.3) is 5.69 Å². The number of nitrogens with zero attached hydrogens (tertiary/aromatic N) is 1. The fourth-order valence-electron chi connectivity index (χ4n) is 2.30. The number of anilines is 1. The molecule has 4 heteroatoms.